The number of hydrogen-bond donors (Lipinski definition) is 1. The van der Waals surface area contributed by atoms with Gasteiger partial charge in [-0.25, -0.2) is 9.69 Å². The van der Waals surface area contributed by atoms with Gasteiger partial charge in [0.25, 0.3) is 5.91 Å². The molecular weight excluding hydrogens is 338 g/mol. The molecule has 1 saturated heterocycles. The van der Waals surface area contributed by atoms with E-state index in [1.807, 2.05) is 6.07 Å². The summed E-state index contributed by atoms with van der Waals surface area (Å²) in [6.45, 7) is 6.21. The standard InChI is InChI=1S/C22H29N3O2/c1-16-7-6-8-17(2)22(16)20(26)25(21(27)23-22)15-24-13-11-19(12-14-24)18-9-4-3-5-10-18/h3-5,9-11,16-17H,6-8,12-15H2,1-2H3,(H,23,27). The Morgan fingerprint density at radius 2 is 1.81 bits per heavy atom. The minimum atomic E-state index is -0.698. The monoisotopic (exact) mass is 367 g/mol. The van der Waals surface area contributed by atoms with Crippen LogP contribution >= 0.6 is 0 Å². The molecule has 144 valence electrons. The molecule has 1 spiro atoms. The van der Waals surface area contributed by atoms with E-state index in [-0.39, 0.29) is 23.8 Å². The first-order valence-electron chi connectivity index (χ1n) is 10.1. The van der Waals surface area contributed by atoms with E-state index >= 15 is 0 Å². The van der Waals surface area contributed by atoms with E-state index in [0.29, 0.717) is 6.67 Å². The van der Waals surface area contributed by atoms with E-state index < -0.39 is 5.54 Å². The molecule has 1 aliphatic carbocycles. The molecule has 1 aromatic carbocycles. The van der Waals surface area contributed by atoms with Gasteiger partial charge in [0, 0.05) is 13.1 Å². The van der Waals surface area contributed by atoms with Crippen LogP contribution in [0.2, 0.25) is 0 Å². The highest BCUT2D eigenvalue weighted by atomic mass is 16.2. The van der Waals surface area contributed by atoms with Crippen LogP contribution in [0.15, 0.2) is 36.4 Å². The first kappa shape index (κ1) is 18.2. The summed E-state index contributed by atoms with van der Waals surface area (Å²) in [4.78, 5) is 29.6. The number of carbonyl (C=O) groups is 2. The Kier molecular flexibility index (Phi) is 4.81. The van der Waals surface area contributed by atoms with Crippen molar-refractivity contribution in [1.82, 2.24) is 15.1 Å². The zero-order valence-electron chi connectivity index (χ0n) is 16.3. The van der Waals surface area contributed by atoms with Gasteiger partial charge in [0.1, 0.15) is 5.54 Å². The molecule has 3 amide bonds. The van der Waals surface area contributed by atoms with Crippen molar-refractivity contribution in [3.63, 3.8) is 0 Å². The minimum Gasteiger partial charge on any atom is -0.323 e. The van der Waals surface area contributed by atoms with Crippen LogP contribution < -0.4 is 5.32 Å². The van der Waals surface area contributed by atoms with E-state index in [1.54, 1.807) is 0 Å². The first-order valence-corrected chi connectivity index (χ1v) is 10.1. The zero-order chi connectivity index (χ0) is 19.0. The van der Waals surface area contributed by atoms with Gasteiger partial charge in [0.2, 0.25) is 0 Å². The molecule has 27 heavy (non-hydrogen) atoms. The predicted octanol–water partition coefficient (Wildman–Crippen LogP) is 3.48. The molecule has 2 atom stereocenters. The van der Waals surface area contributed by atoms with Crippen molar-refractivity contribution < 1.29 is 9.59 Å². The van der Waals surface area contributed by atoms with Gasteiger partial charge in [-0.15, -0.1) is 0 Å². The molecule has 0 bridgehead atoms. The first-order chi connectivity index (χ1) is 13.0. The van der Waals surface area contributed by atoms with Gasteiger partial charge < -0.3 is 5.32 Å². The molecule has 1 aromatic rings. The van der Waals surface area contributed by atoms with Crippen molar-refractivity contribution in [1.29, 1.82) is 0 Å². The van der Waals surface area contributed by atoms with Crippen LogP contribution in [0.3, 0.4) is 0 Å². The fourth-order valence-electron chi connectivity index (χ4n) is 5.04. The van der Waals surface area contributed by atoms with E-state index in [2.05, 4.69) is 54.4 Å². The average Bonchev–Trinajstić information content (AvgIpc) is 2.93. The fraction of sp³-hybridized carbons (Fsp3) is 0.545. The van der Waals surface area contributed by atoms with E-state index in [4.69, 9.17) is 0 Å². The second-order valence-electron chi connectivity index (χ2n) is 8.33. The van der Waals surface area contributed by atoms with Crippen LogP contribution in [0.1, 0.15) is 45.1 Å². The second kappa shape index (κ2) is 7.12. The summed E-state index contributed by atoms with van der Waals surface area (Å²) < 4.78 is 0. The van der Waals surface area contributed by atoms with Crippen molar-refractivity contribution in [2.24, 2.45) is 11.8 Å². The number of imide groups is 1. The van der Waals surface area contributed by atoms with Crippen molar-refractivity contribution in [3.8, 4) is 0 Å². The third-order valence-corrected chi connectivity index (χ3v) is 6.77. The van der Waals surface area contributed by atoms with Gasteiger partial charge >= 0.3 is 6.03 Å². The molecule has 2 fully saturated rings. The molecule has 2 heterocycles. The molecule has 5 heteroatoms. The van der Waals surface area contributed by atoms with Gasteiger partial charge in [-0.3, -0.25) is 9.69 Å². The molecule has 0 aromatic heterocycles. The number of urea groups is 1. The summed E-state index contributed by atoms with van der Waals surface area (Å²) in [5.74, 6) is 0.354. The SMILES string of the molecule is CC1CCCC(C)C12NC(=O)N(CN1CC=C(c3ccccc3)CC1)C2=O. The van der Waals surface area contributed by atoms with Gasteiger partial charge in [0.05, 0.1) is 6.67 Å². The summed E-state index contributed by atoms with van der Waals surface area (Å²) in [5, 5.41) is 3.09. The number of nitrogens with one attached hydrogen (secondary N) is 1. The van der Waals surface area contributed by atoms with Gasteiger partial charge in [-0.05, 0) is 42.2 Å². The third-order valence-electron chi connectivity index (χ3n) is 6.77. The number of rotatable bonds is 3. The van der Waals surface area contributed by atoms with Crippen LogP contribution in [-0.2, 0) is 4.79 Å². The number of amides is 3. The largest absolute Gasteiger partial charge is 0.326 e. The maximum Gasteiger partial charge on any atom is 0.326 e. The summed E-state index contributed by atoms with van der Waals surface area (Å²) in [7, 11) is 0. The molecule has 2 aliphatic heterocycles. The predicted molar refractivity (Wildman–Crippen MR) is 106 cm³/mol. The van der Waals surface area contributed by atoms with Crippen LogP contribution in [-0.4, -0.2) is 47.0 Å². The van der Waals surface area contributed by atoms with Crippen molar-refractivity contribution in [2.45, 2.75) is 45.1 Å². The lowest BCUT2D eigenvalue weighted by molar-refractivity contribution is -0.137. The number of carbonyl (C=O) groups excluding carboxylic acids is 2. The lowest BCUT2D eigenvalue weighted by Crippen LogP contribution is -2.59. The number of benzene rings is 1. The molecule has 5 nitrogen and oxygen atoms in total. The maximum atomic E-state index is 13.3. The van der Waals surface area contributed by atoms with Crippen LogP contribution in [0, 0.1) is 11.8 Å². The average molecular weight is 367 g/mol. The summed E-state index contributed by atoms with van der Waals surface area (Å²) in [6.07, 6.45) is 6.28. The summed E-state index contributed by atoms with van der Waals surface area (Å²) in [5.41, 5.74) is 1.90. The van der Waals surface area contributed by atoms with E-state index in [1.165, 1.54) is 16.0 Å². The molecule has 1 N–H and O–H groups in total. The molecule has 3 aliphatic rings. The van der Waals surface area contributed by atoms with E-state index in [0.717, 1.165) is 38.8 Å². The van der Waals surface area contributed by atoms with Crippen LogP contribution in [0.25, 0.3) is 5.57 Å². The Morgan fingerprint density at radius 1 is 1.11 bits per heavy atom. The zero-order valence-corrected chi connectivity index (χ0v) is 16.3. The van der Waals surface area contributed by atoms with Gasteiger partial charge in [-0.2, -0.15) is 0 Å². The Bertz CT molecular complexity index is 748. The van der Waals surface area contributed by atoms with Gasteiger partial charge in [-0.1, -0.05) is 56.7 Å². The fourth-order valence-corrected chi connectivity index (χ4v) is 5.04. The molecule has 0 radical (unpaired) electrons. The normalized spacial score (nSPS) is 31.9. The highest BCUT2D eigenvalue weighted by Crippen LogP contribution is 2.42. The Hall–Kier alpha value is -2.14. The summed E-state index contributed by atoms with van der Waals surface area (Å²) in [6, 6.07) is 10.2. The van der Waals surface area contributed by atoms with Crippen molar-refractivity contribution in [2.75, 3.05) is 19.8 Å². The molecule has 4 rings (SSSR count). The molecule has 2 unspecified atom stereocenters. The topological polar surface area (TPSA) is 52.7 Å². The number of nitrogens with zero attached hydrogens (tertiary/aromatic N) is 2. The Balaban J connectivity index is 1.45. The van der Waals surface area contributed by atoms with Gasteiger partial charge in [0.15, 0.2) is 0 Å². The van der Waals surface area contributed by atoms with Crippen molar-refractivity contribution >= 4 is 17.5 Å². The van der Waals surface area contributed by atoms with Crippen molar-refractivity contribution in [3.05, 3.63) is 42.0 Å². The summed E-state index contributed by atoms with van der Waals surface area (Å²) >= 11 is 0. The van der Waals surface area contributed by atoms with Crippen LogP contribution in [0.5, 0.6) is 0 Å². The highest BCUT2D eigenvalue weighted by Gasteiger charge is 2.58. The minimum absolute atomic E-state index is 0.0231. The molecular formula is C22H29N3O2. The number of hydrogen-bond acceptors (Lipinski definition) is 3. The lowest BCUT2D eigenvalue weighted by Gasteiger charge is -2.42. The molecule has 1 saturated carbocycles. The third kappa shape index (κ3) is 3.08. The highest BCUT2D eigenvalue weighted by molar-refractivity contribution is 6.07. The quantitative estimate of drug-likeness (QED) is 0.832. The second-order valence-corrected chi connectivity index (χ2v) is 8.33. The Morgan fingerprint density at radius 3 is 2.44 bits per heavy atom. The maximum absolute atomic E-state index is 13.3. The Labute approximate surface area is 161 Å². The lowest BCUT2D eigenvalue weighted by atomic mass is 9.67. The smallest absolute Gasteiger partial charge is 0.323 e. The van der Waals surface area contributed by atoms with E-state index in [9.17, 15) is 9.59 Å². The van der Waals surface area contributed by atoms with Crippen LogP contribution in [0.4, 0.5) is 4.79 Å².